The highest BCUT2D eigenvalue weighted by atomic mass is 19.4. The van der Waals surface area contributed by atoms with Gasteiger partial charge in [-0.3, -0.25) is 14.8 Å². The Bertz CT molecular complexity index is 1720. The van der Waals surface area contributed by atoms with Crippen molar-refractivity contribution in [3.05, 3.63) is 113 Å². The summed E-state index contributed by atoms with van der Waals surface area (Å²) in [5, 5.41) is 3.59. The largest absolute Gasteiger partial charge is 0.416 e. The fraction of sp³-hybridized carbons (Fsp3) is 0.226. The van der Waals surface area contributed by atoms with Gasteiger partial charge in [-0.1, -0.05) is 13.0 Å². The van der Waals surface area contributed by atoms with E-state index >= 15 is 0 Å². The molecule has 0 saturated carbocycles. The maximum atomic E-state index is 13.9. The molecule has 0 radical (unpaired) electrons. The lowest BCUT2D eigenvalue weighted by atomic mass is 9.88. The lowest BCUT2D eigenvalue weighted by Crippen LogP contribution is -2.17. The minimum Gasteiger partial charge on any atom is -0.322 e. The minimum absolute atomic E-state index is 0.0296. The Labute approximate surface area is 235 Å². The Morgan fingerprint density at radius 3 is 2.59 bits per heavy atom. The Balaban J connectivity index is 1.48. The summed E-state index contributed by atoms with van der Waals surface area (Å²) < 4.78 is 43.2. The van der Waals surface area contributed by atoms with Gasteiger partial charge in [0.25, 0.3) is 5.91 Å². The van der Waals surface area contributed by atoms with Crippen LogP contribution in [0.15, 0.2) is 79.5 Å². The summed E-state index contributed by atoms with van der Waals surface area (Å²) in [5.41, 5.74) is 3.35. The number of benzene rings is 2. The molecular weight excluding hydrogens is 529 g/mol. The van der Waals surface area contributed by atoms with E-state index in [1.54, 1.807) is 41.5 Å². The smallest absolute Gasteiger partial charge is 0.322 e. The number of nitrogens with zero attached hydrogens (tertiary/aromatic N) is 5. The Morgan fingerprint density at radius 1 is 1.02 bits per heavy atom. The first-order valence-corrected chi connectivity index (χ1v) is 13.0. The Morgan fingerprint density at radius 2 is 1.83 bits per heavy atom. The third-order valence-corrected chi connectivity index (χ3v) is 6.97. The van der Waals surface area contributed by atoms with Crippen molar-refractivity contribution in [1.82, 2.24) is 24.4 Å². The number of alkyl halides is 3. The molecule has 41 heavy (non-hydrogen) atoms. The second kappa shape index (κ2) is 11.1. The molecule has 2 aromatic carbocycles. The monoisotopic (exact) mass is 558 g/mol. The van der Waals surface area contributed by atoms with Crippen molar-refractivity contribution in [3.63, 3.8) is 0 Å². The van der Waals surface area contributed by atoms with Crippen molar-refractivity contribution < 1.29 is 18.0 Å². The Hall–Kier alpha value is -4.57. The highest BCUT2D eigenvalue weighted by molar-refractivity contribution is 6.04. The van der Waals surface area contributed by atoms with E-state index < -0.39 is 17.6 Å². The van der Waals surface area contributed by atoms with Crippen molar-refractivity contribution >= 4 is 22.5 Å². The normalized spacial score (nSPS) is 12.6. The first-order valence-electron chi connectivity index (χ1n) is 13.0. The zero-order valence-electron chi connectivity index (χ0n) is 23.1. The van der Waals surface area contributed by atoms with Gasteiger partial charge in [-0.15, -0.1) is 0 Å². The van der Waals surface area contributed by atoms with Gasteiger partial charge in [-0.2, -0.15) is 13.2 Å². The maximum Gasteiger partial charge on any atom is 0.416 e. The molecule has 5 rings (SSSR count). The molecule has 1 N–H and O–H groups in total. The predicted molar refractivity (Wildman–Crippen MR) is 152 cm³/mol. The summed E-state index contributed by atoms with van der Waals surface area (Å²) in [4.78, 5) is 28.4. The number of aromatic nitrogens is 4. The summed E-state index contributed by atoms with van der Waals surface area (Å²) in [5.74, 6) is -0.0800. The number of hydrogen-bond acceptors (Lipinski definition) is 5. The molecule has 0 aliphatic heterocycles. The quantitative estimate of drug-likeness (QED) is 0.243. The van der Waals surface area contributed by atoms with Gasteiger partial charge < -0.3 is 14.8 Å². The zero-order chi connectivity index (χ0) is 29.3. The van der Waals surface area contributed by atoms with Crippen LogP contribution in [0.25, 0.3) is 16.6 Å². The number of rotatable bonds is 7. The lowest BCUT2D eigenvalue weighted by Gasteiger charge is -2.18. The summed E-state index contributed by atoms with van der Waals surface area (Å²) in [6, 6.07) is 12.6. The first kappa shape index (κ1) is 28.0. The molecule has 10 heteroatoms. The van der Waals surface area contributed by atoms with Gasteiger partial charge in [0.1, 0.15) is 5.82 Å². The van der Waals surface area contributed by atoms with Gasteiger partial charge in [0.2, 0.25) is 0 Å². The number of pyridine rings is 2. The van der Waals surface area contributed by atoms with Gasteiger partial charge >= 0.3 is 6.18 Å². The number of anilines is 1. The average molecular weight is 559 g/mol. The number of carbonyl (C=O) groups excluding carboxylic acids is 1. The topological polar surface area (TPSA) is 75.9 Å². The van der Waals surface area contributed by atoms with Gasteiger partial charge in [0.05, 0.1) is 17.6 Å². The molecule has 0 aliphatic carbocycles. The van der Waals surface area contributed by atoms with Gasteiger partial charge in [-0.05, 0) is 74.6 Å². The number of imidazole rings is 1. The number of fused-ring (bicyclic) bond motifs is 1. The van der Waals surface area contributed by atoms with E-state index in [0.717, 1.165) is 39.7 Å². The molecule has 1 atom stereocenters. The summed E-state index contributed by atoms with van der Waals surface area (Å²) in [7, 11) is 3.70. The number of halogens is 3. The molecule has 7 nitrogen and oxygen atoms in total. The number of carbonyl (C=O) groups is 1. The van der Waals surface area contributed by atoms with E-state index in [1.807, 2.05) is 51.0 Å². The van der Waals surface area contributed by atoms with Gasteiger partial charge in [0.15, 0.2) is 0 Å². The van der Waals surface area contributed by atoms with Crippen LogP contribution in [0, 0.1) is 6.92 Å². The summed E-state index contributed by atoms with van der Waals surface area (Å²) >= 11 is 0. The molecule has 5 aromatic rings. The molecule has 1 amide bonds. The maximum absolute atomic E-state index is 13.9. The highest BCUT2D eigenvalue weighted by Crippen LogP contribution is 2.34. The van der Waals surface area contributed by atoms with Crippen LogP contribution >= 0.6 is 0 Å². The molecule has 0 fully saturated rings. The molecule has 0 saturated heterocycles. The fourth-order valence-corrected chi connectivity index (χ4v) is 4.91. The zero-order valence-corrected chi connectivity index (χ0v) is 23.1. The molecule has 3 aromatic heterocycles. The SMILES string of the molecule is Cc1ccc(C(=O)Nc2cc(-n3ccnc3CN(C)C)cc(C(F)(F)F)c2)cc1C(C)c1cncc2cccnc12. The van der Waals surface area contributed by atoms with E-state index in [2.05, 4.69) is 20.3 Å². The molecule has 0 spiro atoms. The fourth-order valence-electron chi connectivity index (χ4n) is 4.91. The number of hydrogen-bond donors (Lipinski definition) is 1. The number of amides is 1. The van der Waals surface area contributed by atoms with Crippen LogP contribution in [0.4, 0.5) is 18.9 Å². The second-order valence-electron chi connectivity index (χ2n) is 10.3. The molecular formula is C31H29F3N6O. The lowest BCUT2D eigenvalue weighted by molar-refractivity contribution is -0.137. The van der Waals surface area contributed by atoms with Crippen LogP contribution in [0.1, 0.15) is 51.3 Å². The van der Waals surface area contributed by atoms with Gasteiger partial charge in [-0.25, -0.2) is 4.98 Å². The second-order valence-corrected chi connectivity index (χ2v) is 10.3. The van der Waals surface area contributed by atoms with Crippen molar-refractivity contribution in [2.75, 3.05) is 19.4 Å². The third-order valence-electron chi connectivity index (χ3n) is 6.97. The van der Waals surface area contributed by atoms with Crippen LogP contribution in [0.5, 0.6) is 0 Å². The molecule has 3 heterocycles. The molecule has 1 unspecified atom stereocenters. The average Bonchev–Trinajstić information content (AvgIpc) is 3.39. The number of nitrogens with one attached hydrogen (secondary N) is 1. The van der Waals surface area contributed by atoms with Crippen LogP contribution in [0.2, 0.25) is 0 Å². The van der Waals surface area contributed by atoms with Crippen LogP contribution < -0.4 is 5.32 Å². The highest BCUT2D eigenvalue weighted by Gasteiger charge is 2.32. The molecule has 210 valence electrons. The van der Waals surface area contributed by atoms with E-state index in [1.165, 1.54) is 12.3 Å². The predicted octanol–water partition coefficient (Wildman–Crippen LogP) is 6.61. The van der Waals surface area contributed by atoms with Crippen LogP contribution in [-0.2, 0) is 12.7 Å². The standard InChI is InChI=1S/C31H29F3N6O/c1-19-7-8-21(12-26(19)20(2)27-17-35-16-22-6-5-9-37-29(22)27)30(41)38-24-13-23(31(32,33)34)14-25(15-24)40-11-10-36-28(40)18-39(3)4/h5-17,20H,18H2,1-4H3,(H,38,41). The van der Waals surface area contributed by atoms with Crippen molar-refractivity contribution in [2.24, 2.45) is 0 Å². The minimum atomic E-state index is -4.61. The van der Waals surface area contributed by atoms with Crippen LogP contribution in [-0.4, -0.2) is 44.4 Å². The summed E-state index contributed by atoms with van der Waals surface area (Å²) in [6.07, 6.45) is 3.79. The van der Waals surface area contributed by atoms with E-state index in [4.69, 9.17) is 0 Å². The molecule has 0 bridgehead atoms. The van der Waals surface area contributed by atoms with Crippen molar-refractivity contribution in [3.8, 4) is 5.69 Å². The van der Waals surface area contributed by atoms with Gasteiger partial charge in [0, 0.05) is 64.8 Å². The third kappa shape index (κ3) is 5.97. The van der Waals surface area contributed by atoms with Crippen molar-refractivity contribution in [1.29, 1.82) is 0 Å². The van der Waals surface area contributed by atoms with Crippen molar-refractivity contribution in [2.45, 2.75) is 32.5 Å². The van der Waals surface area contributed by atoms with E-state index in [-0.39, 0.29) is 17.3 Å². The van der Waals surface area contributed by atoms with Crippen LogP contribution in [0.3, 0.4) is 0 Å². The first-order chi connectivity index (χ1) is 19.5. The van der Waals surface area contributed by atoms with E-state index in [9.17, 15) is 18.0 Å². The Kier molecular flexibility index (Phi) is 7.59. The van der Waals surface area contributed by atoms with E-state index in [0.29, 0.717) is 17.9 Å². The molecule has 0 aliphatic rings. The number of aryl methyl sites for hydroxylation is 1. The summed E-state index contributed by atoms with van der Waals surface area (Å²) in [6.45, 7) is 4.40.